The van der Waals surface area contributed by atoms with Crippen LogP contribution >= 0.6 is 0 Å². The molecule has 1 aromatic rings. The van der Waals surface area contributed by atoms with E-state index in [1.54, 1.807) is 0 Å². The highest BCUT2D eigenvalue weighted by Gasteiger charge is 2.35. The van der Waals surface area contributed by atoms with Crippen molar-refractivity contribution in [1.29, 1.82) is 0 Å². The Morgan fingerprint density at radius 3 is 2.62 bits per heavy atom. The van der Waals surface area contributed by atoms with E-state index in [2.05, 4.69) is 45.9 Å². The van der Waals surface area contributed by atoms with E-state index < -0.39 is 0 Å². The van der Waals surface area contributed by atoms with Crippen LogP contribution in [0.3, 0.4) is 0 Å². The fourth-order valence-electron chi connectivity index (χ4n) is 2.31. The van der Waals surface area contributed by atoms with Gasteiger partial charge in [-0.25, -0.2) is 0 Å². The van der Waals surface area contributed by atoms with Gasteiger partial charge >= 0.3 is 0 Å². The predicted molar refractivity (Wildman–Crippen MR) is 53.7 cm³/mol. The first-order valence-corrected chi connectivity index (χ1v) is 4.80. The van der Waals surface area contributed by atoms with Crippen LogP contribution in [-0.2, 0) is 10.3 Å². The molecule has 0 saturated heterocycles. The zero-order valence-electron chi connectivity index (χ0n) is 8.72. The van der Waals surface area contributed by atoms with E-state index in [-0.39, 0.29) is 11.7 Å². The van der Waals surface area contributed by atoms with Gasteiger partial charge in [0, 0.05) is 0 Å². The van der Waals surface area contributed by atoms with Crippen molar-refractivity contribution in [2.24, 2.45) is 0 Å². The van der Waals surface area contributed by atoms with Gasteiger partial charge < -0.3 is 4.74 Å². The molecule has 1 atom stereocenters. The molecular formula is C12H16O. The van der Waals surface area contributed by atoms with Gasteiger partial charge in [-0.3, -0.25) is 0 Å². The SMILES string of the molecule is Cc1cccc2c1C(C)OC2(C)C. The maximum Gasteiger partial charge on any atom is 0.0887 e. The quantitative estimate of drug-likeness (QED) is 0.589. The molecule has 70 valence electrons. The van der Waals surface area contributed by atoms with E-state index in [0.717, 1.165) is 0 Å². The highest BCUT2D eigenvalue weighted by molar-refractivity contribution is 5.42. The van der Waals surface area contributed by atoms with Crippen LogP contribution in [0.5, 0.6) is 0 Å². The molecule has 0 bridgehead atoms. The third-order valence-electron chi connectivity index (χ3n) is 2.85. The second-order valence-corrected chi connectivity index (χ2v) is 4.31. The Labute approximate surface area is 79.7 Å². The van der Waals surface area contributed by atoms with Gasteiger partial charge in [0.05, 0.1) is 11.7 Å². The molecule has 1 aliphatic heterocycles. The van der Waals surface area contributed by atoms with Crippen molar-refractivity contribution in [3.8, 4) is 0 Å². The van der Waals surface area contributed by atoms with Crippen LogP contribution in [0.25, 0.3) is 0 Å². The van der Waals surface area contributed by atoms with E-state index in [9.17, 15) is 0 Å². The van der Waals surface area contributed by atoms with Crippen LogP contribution in [0.2, 0.25) is 0 Å². The minimum atomic E-state index is -0.110. The average Bonchev–Trinajstić information content (AvgIpc) is 2.24. The fraction of sp³-hybridized carbons (Fsp3) is 0.500. The topological polar surface area (TPSA) is 9.23 Å². The molecule has 0 amide bonds. The third-order valence-corrected chi connectivity index (χ3v) is 2.85. The highest BCUT2D eigenvalue weighted by Crippen LogP contribution is 2.43. The molecule has 1 unspecified atom stereocenters. The number of hydrogen-bond acceptors (Lipinski definition) is 1. The molecule has 0 radical (unpaired) electrons. The number of rotatable bonds is 0. The molecule has 1 nitrogen and oxygen atoms in total. The largest absolute Gasteiger partial charge is 0.363 e. The lowest BCUT2D eigenvalue weighted by molar-refractivity contribution is -0.0436. The van der Waals surface area contributed by atoms with Crippen LogP contribution in [0.1, 0.15) is 43.6 Å². The van der Waals surface area contributed by atoms with Crippen LogP contribution in [0.15, 0.2) is 18.2 Å². The molecule has 0 aromatic heterocycles. The Balaban J connectivity index is 2.65. The molecule has 2 rings (SSSR count). The minimum Gasteiger partial charge on any atom is -0.363 e. The third kappa shape index (κ3) is 1.19. The van der Waals surface area contributed by atoms with Crippen molar-refractivity contribution in [1.82, 2.24) is 0 Å². The summed E-state index contributed by atoms with van der Waals surface area (Å²) in [4.78, 5) is 0. The second-order valence-electron chi connectivity index (χ2n) is 4.31. The van der Waals surface area contributed by atoms with Gasteiger partial charge in [0.1, 0.15) is 0 Å². The van der Waals surface area contributed by atoms with Crippen molar-refractivity contribution in [3.05, 3.63) is 34.9 Å². The van der Waals surface area contributed by atoms with Crippen LogP contribution < -0.4 is 0 Å². The first kappa shape index (κ1) is 8.76. The fourth-order valence-corrected chi connectivity index (χ4v) is 2.31. The molecule has 0 spiro atoms. The molecule has 1 aromatic carbocycles. The predicted octanol–water partition coefficient (Wildman–Crippen LogP) is 3.32. The van der Waals surface area contributed by atoms with E-state index in [1.165, 1.54) is 16.7 Å². The molecule has 0 saturated carbocycles. The van der Waals surface area contributed by atoms with Gasteiger partial charge in [-0.15, -0.1) is 0 Å². The van der Waals surface area contributed by atoms with Crippen LogP contribution in [0.4, 0.5) is 0 Å². The number of hydrogen-bond donors (Lipinski definition) is 0. The van der Waals surface area contributed by atoms with Gasteiger partial charge in [-0.2, -0.15) is 0 Å². The van der Waals surface area contributed by atoms with Crippen molar-refractivity contribution < 1.29 is 4.74 Å². The Bertz CT molecular complexity index is 339. The lowest BCUT2D eigenvalue weighted by Gasteiger charge is -2.19. The Morgan fingerprint density at radius 1 is 1.31 bits per heavy atom. The summed E-state index contributed by atoms with van der Waals surface area (Å²) in [6.45, 7) is 8.55. The Morgan fingerprint density at radius 2 is 2.00 bits per heavy atom. The smallest absolute Gasteiger partial charge is 0.0887 e. The highest BCUT2D eigenvalue weighted by atomic mass is 16.5. The van der Waals surface area contributed by atoms with Gasteiger partial charge in [0.25, 0.3) is 0 Å². The lowest BCUT2D eigenvalue weighted by Crippen LogP contribution is -2.14. The zero-order chi connectivity index (χ0) is 9.64. The second kappa shape index (κ2) is 2.58. The summed E-state index contributed by atoms with van der Waals surface area (Å²) in [6.07, 6.45) is 0.242. The lowest BCUT2D eigenvalue weighted by atomic mass is 9.92. The summed E-state index contributed by atoms with van der Waals surface area (Å²) < 4.78 is 5.90. The molecule has 1 aliphatic rings. The van der Waals surface area contributed by atoms with Crippen molar-refractivity contribution >= 4 is 0 Å². The molecule has 1 heterocycles. The molecular weight excluding hydrogens is 160 g/mol. The maximum atomic E-state index is 5.90. The summed E-state index contributed by atoms with van der Waals surface area (Å²) in [6, 6.07) is 6.43. The van der Waals surface area contributed by atoms with Gasteiger partial charge in [0.2, 0.25) is 0 Å². The minimum absolute atomic E-state index is 0.110. The summed E-state index contributed by atoms with van der Waals surface area (Å²) >= 11 is 0. The number of benzene rings is 1. The zero-order valence-corrected chi connectivity index (χ0v) is 8.72. The molecule has 0 aliphatic carbocycles. The molecule has 13 heavy (non-hydrogen) atoms. The number of aryl methyl sites for hydroxylation is 1. The monoisotopic (exact) mass is 176 g/mol. The van der Waals surface area contributed by atoms with E-state index in [1.807, 2.05) is 0 Å². The summed E-state index contributed by atoms with van der Waals surface area (Å²) in [5.74, 6) is 0. The number of ether oxygens (including phenoxy) is 1. The molecule has 0 fully saturated rings. The Hall–Kier alpha value is -0.820. The summed E-state index contributed by atoms with van der Waals surface area (Å²) in [7, 11) is 0. The van der Waals surface area contributed by atoms with E-state index in [4.69, 9.17) is 4.74 Å². The van der Waals surface area contributed by atoms with Gasteiger partial charge in [0.15, 0.2) is 0 Å². The van der Waals surface area contributed by atoms with E-state index in [0.29, 0.717) is 0 Å². The van der Waals surface area contributed by atoms with E-state index >= 15 is 0 Å². The van der Waals surface area contributed by atoms with Crippen molar-refractivity contribution in [2.45, 2.75) is 39.4 Å². The summed E-state index contributed by atoms with van der Waals surface area (Å²) in [5.41, 5.74) is 3.96. The van der Waals surface area contributed by atoms with Gasteiger partial charge in [-0.1, -0.05) is 18.2 Å². The van der Waals surface area contributed by atoms with Crippen molar-refractivity contribution in [2.75, 3.05) is 0 Å². The standard InChI is InChI=1S/C12H16O/c1-8-6-5-7-10-11(8)9(2)13-12(10,3)4/h5-7,9H,1-4H3. The van der Waals surface area contributed by atoms with Crippen LogP contribution in [-0.4, -0.2) is 0 Å². The first-order chi connectivity index (χ1) is 6.02. The molecule has 1 heteroatoms. The normalized spacial score (nSPS) is 24.5. The average molecular weight is 176 g/mol. The van der Waals surface area contributed by atoms with Gasteiger partial charge in [-0.05, 0) is 44.4 Å². The summed E-state index contributed by atoms with van der Waals surface area (Å²) in [5, 5.41) is 0. The molecule has 0 N–H and O–H groups in total. The first-order valence-electron chi connectivity index (χ1n) is 4.80. The number of fused-ring (bicyclic) bond motifs is 1. The van der Waals surface area contributed by atoms with Crippen molar-refractivity contribution in [3.63, 3.8) is 0 Å². The maximum absolute atomic E-state index is 5.90. The Kier molecular flexibility index (Phi) is 1.74. The van der Waals surface area contributed by atoms with Crippen LogP contribution in [0, 0.1) is 6.92 Å².